The minimum Gasteiger partial charge on any atom is -0.449 e. The average Bonchev–Trinajstić information content (AvgIpc) is 2.89. The van der Waals surface area contributed by atoms with Crippen molar-refractivity contribution in [1.82, 2.24) is 5.32 Å². The van der Waals surface area contributed by atoms with Crippen molar-refractivity contribution >= 4 is 23.6 Å². The van der Waals surface area contributed by atoms with Gasteiger partial charge in [0.2, 0.25) is 0 Å². The third kappa shape index (κ3) is 5.46. The summed E-state index contributed by atoms with van der Waals surface area (Å²) in [6.45, 7) is 6.99. The molecule has 0 unspecified atom stereocenters. The number of aryl methyl sites for hydroxylation is 1. The minimum atomic E-state index is -0.192. The number of hydrogen-bond donors (Lipinski definition) is 1. The molecule has 37 heavy (non-hydrogen) atoms. The van der Waals surface area contributed by atoms with Gasteiger partial charge in [0, 0.05) is 11.6 Å². The topological polar surface area (TPSA) is 58.6 Å². The van der Waals surface area contributed by atoms with Gasteiger partial charge in [0.25, 0.3) is 11.8 Å². The van der Waals surface area contributed by atoms with Crippen molar-refractivity contribution in [2.45, 2.75) is 52.6 Å². The van der Waals surface area contributed by atoms with E-state index in [1.54, 1.807) is 11.0 Å². The Morgan fingerprint density at radius 3 is 2.59 bits per heavy atom. The molecule has 1 fully saturated rings. The lowest BCUT2D eigenvalue weighted by atomic mass is 9.78. The normalized spacial score (nSPS) is 22.4. The average molecular weight is 495 g/mol. The minimum absolute atomic E-state index is 0.0478. The first-order valence-corrected chi connectivity index (χ1v) is 13.2. The van der Waals surface area contributed by atoms with Crippen LogP contribution in [0, 0.1) is 18.8 Å². The molecule has 5 heteroatoms. The number of carbonyl (C=O) groups is 2. The van der Waals surface area contributed by atoms with Gasteiger partial charge in [-0.25, -0.2) is 0 Å². The van der Waals surface area contributed by atoms with Gasteiger partial charge in [-0.3, -0.25) is 14.5 Å². The highest BCUT2D eigenvalue weighted by Crippen LogP contribution is 2.36. The number of ether oxygens (including phenoxy) is 1. The van der Waals surface area contributed by atoms with Gasteiger partial charge in [0.1, 0.15) is 0 Å². The number of anilines is 1. The van der Waals surface area contributed by atoms with Crippen LogP contribution in [0.2, 0.25) is 0 Å². The summed E-state index contributed by atoms with van der Waals surface area (Å²) >= 11 is 0. The number of amides is 2. The van der Waals surface area contributed by atoms with Crippen molar-refractivity contribution in [1.29, 1.82) is 0 Å². The summed E-state index contributed by atoms with van der Waals surface area (Å²) in [4.78, 5) is 28.1. The van der Waals surface area contributed by atoms with E-state index in [4.69, 9.17) is 4.74 Å². The van der Waals surface area contributed by atoms with Crippen LogP contribution >= 0.6 is 0 Å². The highest BCUT2D eigenvalue weighted by atomic mass is 16.5. The number of fused-ring (bicyclic) bond motifs is 1. The van der Waals surface area contributed by atoms with Crippen LogP contribution in [-0.2, 0) is 11.3 Å². The molecule has 5 nitrogen and oxygen atoms in total. The maximum atomic E-state index is 13.5. The monoisotopic (exact) mass is 494 g/mol. The molecule has 1 aliphatic heterocycles. The number of nitrogens with one attached hydrogen (secondary N) is 1. The van der Waals surface area contributed by atoms with Gasteiger partial charge >= 0.3 is 0 Å². The van der Waals surface area contributed by atoms with Crippen LogP contribution in [0.1, 0.15) is 60.2 Å². The Hall–Kier alpha value is -3.86. The van der Waals surface area contributed by atoms with Crippen LogP contribution in [0.3, 0.4) is 0 Å². The molecule has 2 amide bonds. The van der Waals surface area contributed by atoms with Crippen LogP contribution in [0.15, 0.2) is 78.6 Å². The first-order chi connectivity index (χ1) is 17.9. The maximum absolute atomic E-state index is 13.5. The van der Waals surface area contributed by atoms with E-state index >= 15 is 0 Å². The number of carbonyl (C=O) groups excluding carboxylic acids is 2. The van der Waals surface area contributed by atoms with Gasteiger partial charge in [0.15, 0.2) is 11.5 Å². The number of hydrogen-bond acceptors (Lipinski definition) is 3. The van der Waals surface area contributed by atoms with Gasteiger partial charge in [-0.2, -0.15) is 0 Å². The van der Waals surface area contributed by atoms with Gasteiger partial charge in [-0.05, 0) is 66.6 Å². The Bertz CT molecular complexity index is 1330. The van der Waals surface area contributed by atoms with Crippen LogP contribution in [0.4, 0.5) is 5.69 Å². The smallest absolute Gasteiger partial charge is 0.294 e. The highest BCUT2D eigenvalue weighted by Gasteiger charge is 2.31. The number of para-hydroxylation sites is 2. The van der Waals surface area contributed by atoms with Crippen molar-refractivity contribution in [3.05, 3.63) is 101 Å². The van der Waals surface area contributed by atoms with Crippen molar-refractivity contribution < 1.29 is 14.3 Å². The molecule has 190 valence electrons. The summed E-state index contributed by atoms with van der Waals surface area (Å²) in [5.74, 6) is 1.76. The Morgan fingerprint density at radius 2 is 1.81 bits per heavy atom. The zero-order chi connectivity index (χ0) is 25.9. The van der Waals surface area contributed by atoms with Gasteiger partial charge in [0.05, 0.1) is 12.2 Å². The summed E-state index contributed by atoms with van der Waals surface area (Å²) < 4.78 is 6.03. The van der Waals surface area contributed by atoms with E-state index in [1.807, 2.05) is 73.7 Å². The van der Waals surface area contributed by atoms with Crippen LogP contribution in [0.5, 0.6) is 5.75 Å². The molecular formula is C32H34N2O3. The molecule has 0 spiro atoms. The molecule has 1 saturated carbocycles. The van der Waals surface area contributed by atoms with Crippen LogP contribution in [0.25, 0.3) is 6.08 Å². The number of benzene rings is 3. The number of nitrogens with zero attached hydrogens (tertiary/aromatic N) is 1. The molecule has 5 rings (SSSR count). The lowest BCUT2D eigenvalue weighted by molar-refractivity contribution is -0.117. The molecular weight excluding hydrogens is 460 g/mol. The lowest BCUT2D eigenvalue weighted by Gasteiger charge is -2.34. The third-order valence-corrected chi connectivity index (χ3v) is 7.75. The summed E-state index contributed by atoms with van der Waals surface area (Å²) in [6.07, 6.45) is 5.15. The van der Waals surface area contributed by atoms with E-state index in [9.17, 15) is 9.59 Å². The SMILES string of the molecule is Cc1cccc(CN2C(=O)/C(=C\c3ccc(C(=O)N[C@@H]4CCC[C@@H](C)[C@@H]4C)cc3)Oc3ccccc32)c1. The maximum Gasteiger partial charge on any atom is 0.294 e. The van der Waals surface area contributed by atoms with E-state index < -0.39 is 0 Å². The molecule has 3 aromatic carbocycles. The van der Waals surface area contributed by atoms with Crippen molar-refractivity contribution in [2.24, 2.45) is 11.8 Å². The van der Waals surface area contributed by atoms with Gasteiger partial charge < -0.3 is 10.1 Å². The van der Waals surface area contributed by atoms with E-state index in [-0.39, 0.29) is 23.6 Å². The fourth-order valence-electron chi connectivity index (χ4n) is 5.33. The Morgan fingerprint density at radius 1 is 1.03 bits per heavy atom. The highest BCUT2D eigenvalue weighted by molar-refractivity contribution is 6.09. The lowest BCUT2D eigenvalue weighted by Crippen LogP contribution is -2.43. The molecule has 2 aliphatic rings. The van der Waals surface area contributed by atoms with Crippen LogP contribution < -0.4 is 15.0 Å². The molecule has 3 aromatic rings. The predicted octanol–water partition coefficient (Wildman–Crippen LogP) is 6.52. The first kappa shape index (κ1) is 24.8. The molecule has 1 N–H and O–H groups in total. The Balaban J connectivity index is 1.34. The third-order valence-electron chi connectivity index (χ3n) is 7.75. The quantitative estimate of drug-likeness (QED) is 0.411. The molecule has 1 aliphatic carbocycles. The van der Waals surface area contributed by atoms with E-state index in [0.717, 1.165) is 35.2 Å². The Kier molecular flexibility index (Phi) is 7.13. The second-order valence-electron chi connectivity index (χ2n) is 10.4. The molecule has 1 heterocycles. The molecule has 0 radical (unpaired) electrons. The molecule has 0 aromatic heterocycles. The summed E-state index contributed by atoms with van der Waals surface area (Å²) in [6, 6.07) is 23.3. The second-order valence-corrected chi connectivity index (χ2v) is 10.4. The van der Waals surface area contributed by atoms with E-state index in [2.05, 4.69) is 25.2 Å². The van der Waals surface area contributed by atoms with Crippen molar-refractivity contribution in [3.8, 4) is 5.75 Å². The largest absolute Gasteiger partial charge is 0.449 e. The fourth-order valence-corrected chi connectivity index (χ4v) is 5.33. The van der Waals surface area contributed by atoms with E-state index in [0.29, 0.717) is 29.7 Å². The zero-order valence-electron chi connectivity index (χ0n) is 21.7. The summed E-state index contributed by atoms with van der Waals surface area (Å²) in [7, 11) is 0. The summed E-state index contributed by atoms with van der Waals surface area (Å²) in [5, 5.41) is 3.23. The molecule has 3 atom stereocenters. The zero-order valence-corrected chi connectivity index (χ0v) is 21.7. The van der Waals surface area contributed by atoms with Crippen molar-refractivity contribution in [2.75, 3.05) is 4.90 Å². The second kappa shape index (κ2) is 10.6. The first-order valence-electron chi connectivity index (χ1n) is 13.2. The molecule has 0 saturated heterocycles. The van der Waals surface area contributed by atoms with Gasteiger partial charge in [-0.15, -0.1) is 0 Å². The van der Waals surface area contributed by atoms with Crippen LogP contribution in [-0.4, -0.2) is 17.9 Å². The fraction of sp³-hybridized carbons (Fsp3) is 0.312. The summed E-state index contributed by atoms with van der Waals surface area (Å²) in [5.41, 5.74) is 4.38. The standard InChI is InChI=1S/C32H34N2O3/c1-21-8-6-10-25(18-21)20-34-28-12-4-5-13-29(28)37-30(32(34)36)19-24-14-16-26(17-15-24)31(35)33-27-11-7-9-22(2)23(27)3/h4-6,8,10,12-19,22-23,27H,7,9,11,20H2,1-3H3,(H,33,35)/b30-19+/t22-,23+,27-/m1/s1. The van der Waals surface area contributed by atoms with E-state index in [1.165, 1.54) is 6.42 Å². The molecule has 0 bridgehead atoms. The van der Waals surface area contributed by atoms with Gasteiger partial charge in [-0.1, -0.05) is 80.8 Å². The predicted molar refractivity (Wildman–Crippen MR) is 147 cm³/mol. The number of rotatable bonds is 5. The van der Waals surface area contributed by atoms with Crippen molar-refractivity contribution in [3.63, 3.8) is 0 Å². The Labute approximate surface area is 219 Å².